The van der Waals surface area contributed by atoms with Gasteiger partial charge in [-0.2, -0.15) is 0 Å². The van der Waals surface area contributed by atoms with Crippen molar-refractivity contribution in [2.24, 2.45) is 11.8 Å². The van der Waals surface area contributed by atoms with Crippen LogP contribution in [-0.4, -0.2) is 35.2 Å². The second-order valence-corrected chi connectivity index (χ2v) is 9.08. The number of benzene rings is 2. The molecule has 29 heavy (non-hydrogen) atoms. The SMILES string of the molecule is O=C1[C@H]2C3CCCN3[C@]3(C(=O)Nc4ccccc43)[C@H]2C(=O)N1c1cccc(Br)c1. The highest BCUT2D eigenvalue weighted by Crippen LogP contribution is 2.60. The number of carbonyl (C=O) groups is 3. The average molecular weight is 452 g/mol. The van der Waals surface area contributed by atoms with Gasteiger partial charge in [0.25, 0.3) is 0 Å². The van der Waals surface area contributed by atoms with Crippen LogP contribution in [-0.2, 0) is 19.9 Å². The molecule has 2 aromatic carbocycles. The first-order chi connectivity index (χ1) is 14.0. The Morgan fingerprint density at radius 2 is 1.86 bits per heavy atom. The summed E-state index contributed by atoms with van der Waals surface area (Å²) in [5.41, 5.74) is 1.01. The third-order valence-corrected chi connectivity index (χ3v) is 7.46. The van der Waals surface area contributed by atoms with Crippen molar-refractivity contribution in [3.63, 3.8) is 0 Å². The molecule has 6 nitrogen and oxygen atoms in total. The highest BCUT2D eigenvalue weighted by Gasteiger charge is 2.74. The minimum absolute atomic E-state index is 0.0921. The molecule has 4 aliphatic heterocycles. The molecule has 0 saturated carbocycles. The summed E-state index contributed by atoms with van der Waals surface area (Å²) in [4.78, 5) is 44.2. The molecule has 0 aromatic heterocycles. The standard InChI is InChI=1S/C22H18BrN3O3/c23-12-5-3-6-13(11-12)26-19(27)17-16-9-4-10-25(16)22(18(17)20(26)28)14-7-1-2-8-15(14)24-21(22)29/h1-3,5-8,11,16-18H,4,9-10H2,(H,24,29)/t16?,17-,18+,22-/m0/s1. The maximum absolute atomic E-state index is 13.7. The van der Waals surface area contributed by atoms with Crippen molar-refractivity contribution >= 4 is 45.0 Å². The van der Waals surface area contributed by atoms with Gasteiger partial charge in [0.2, 0.25) is 17.7 Å². The molecule has 6 rings (SSSR count). The zero-order valence-corrected chi connectivity index (χ0v) is 17.1. The van der Waals surface area contributed by atoms with Gasteiger partial charge in [0.15, 0.2) is 0 Å². The van der Waals surface area contributed by atoms with Gasteiger partial charge in [0, 0.05) is 21.8 Å². The number of rotatable bonds is 1. The van der Waals surface area contributed by atoms with E-state index in [2.05, 4.69) is 26.1 Å². The highest BCUT2D eigenvalue weighted by molar-refractivity contribution is 9.10. The lowest BCUT2D eigenvalue weighted by Crippen LogP contribution is -2.54. The summed E-state index contributed by atoms with van der Waals surface area (Å²) in [6.07, 6.45) is 1.74. The van der Waals surface area contributed by atoms with E-state index in [4.69, 9.17) is 0 Å². The third kappa shape index (κ3) is 1.97. The lowest BCUT2D eigenvalue weighted by Gasteiger charge is -2.36. The van der Waals surface area contributed by atoms with Crippen molar-refractivity contribution in [3.8, 4) is 0 Å². The highest BCUT2D eigenvalue weighted by atomic mass is 79.9. The smallest absolute Gasteiger partial charge is 0.250 e. The van der Waals surface area contributed by atoms with Crippen LogP contribution in [0.2, 0.25) is 0 Å². The molecule has 7 heteroatoms. The van der Waals surface area contributed by atoms with E-state index in [-0.39, 0.29) is 23.8 Å². The molecule has 1 unspecified atom stereocenters. The zero-order valence-electron chi connectivity index (χ0n) is 15.5. The predicted octanol–water partition coefficient (Wildman–Crippen LogP) is 2.88. The van der Waals surface area contributed by atoms with Crippen LogP contribution in [0, 0.1) is 11.8 Å². The van der Waals surface area contributed by atoms with Crippen LogP contribution < -0.4 is 10.2 Å². The predicted molar refractivity (Wildman–Crippen MR) is 110 cm³/mol. The van der Waals surface area contributed by atoms with Crippen LogP contribution in [0.3, 0.4) is 0 Å². The number of para-hydroxylation sites is 1. The van der Waals surface area contributed by atoms with Crippen LogP contribution in [0.25, 0.3) is 0 Å². The topological polar surface area (TPSA) is 69.7 Å². The Morgan fingerprint density at radius 1 is 1.03 bits per heavy atom. The number of anilines is 2. The fraction of sp³-hybridized carbons (Fsp3) is 0.318. The molecule has 3 saturated heterocycles. The zero-order chi connectivity index (χ0) is 19.9. The summed E-state index contributed by atoms with van der Waals surface area (Å²) in [7, 11) is 0. The molecule has 1 N–H and O–H groups in total. The Kier molecular flexibility index (Phi) is 3.45. The molecule has 2 aromatic rings. The summed E-state index contributed by atoms with van der Waals surface area (Å²) in [6, 6.07) is 14.7. The summed E-state index contributed by atoms with van der Waals surface area (Å²) in [6.45, 7) is 0.719. The Hall–Kier alpha value is -2.51. The first kappa shape index (κ1) is 17.4. The summed E-state index contributed by atoms with van der Waals surface area (Å²) < 4.78 is 0.800. The number of amides is 3. The minimum atomic E-state index is -1.10. The fourth-order valence-electron chi connectivity index (χ4n) is 6.03. The van der Waals surface area contributed by atoms with Crippen molar-refractivity contribution in [1.29, 1.82) is 0 Å². The van der Waals surface area contributed by atoms with E-state index in [0.29, 0.717) is 5.69 Å². The van der Waals surface area contributed by atoms with Gasteiger partial charge in [-0.1, -0.05) is 40.2 Å². The number of hydrogen-bond donors (Lipinski definition) is 1. The van der Waals surface area contributed by atoms with Crippen molar-refractivity contribution in [2.45, 2.75) is 24.4 Å². The Morgan fingerprint density at radius 3 is 2.69 bits per heavy atom. The van der Waals surface area contributed by atoms with Crippen LogP contribution in [0.15, 0.2) is 53.0 Å². The van der Waals surface area contributed by atoms with E-state index in [0.717, 1.165) is 35.1 Å². The molecule has 4 heterocycles. The molecule has 3 amide bonds. The van der Waals surface area contributed by atoms with E-state index in [1.54, 1.807) is 12.1 Å². The molecule has 3 fully saturated rings. The number of nitrogens with zero attached hydrogens (tertiary/aromatic N) is 2. The first-order valence-electron chi connectivity index (χ1n) is 9.86. The second-order valence-electron chi connectivity index (χ2n) is 8.16. The second kappa shape index (κ2) is 5.77. The molecule has 0 radical (unpaired) electrons. The van der Waals surface area contributed by atoms with Crippen molar-refractivity contribution in [1.82, 2.24) is 4.90 Å². The number of imide groups is 1. The molecular weight excluding hydrogens is 434 g/mol. The maximum Gasteiger partial charge on any atom is 0.250 e. The van der Waals surface area contributed by atoms with Gasteiger partial charge in [0.05, 0.1) is 17.5 Å². The third-order valence-electron chi connectivity index (χ3n) is 6.97. The Bertz CT molecular complexity index is 1100. The monoisotopic (exact) mass is 451 g/mol. The summed E-state index contributed by atoms with van der Waals surface area (Å²) in [5.74, 6) is -1.86. The number of nitrogens with one attached hydrogen (secondary N) is 1. The van der Waals surface area contributed by atoms with Gasteiger partial charge in [-0.15, -0.1) is 0 Å². The van der Waals surface area contributed by atoms with Crippen molar-refractivity contribution in [3.05, 3.63) is 58.6 Å². The summed E-state index contributed by atoms with van der Waals surface area (Å²) >= 11 is 3.42. The van der Waals surface area contributed by atoms with E-state index in [1.165, 1.54) is 4.90 Å². The average Bonchev–Trinajstić information content (AvgIpc) is 3.40. The fourth-order valence-corrected chi connectivity index (χ4v) is 6.42. The van der Waals surface area contributed by atoms with Gasteiger partial charge >= 0.3 is 0 Å². The molecule has 4 aliphatic rings. The Balaban J connectivity index is 1.56. The minimum Gasteiger partial charge on any atom is -0.324 e. The Labute approximate surface area is 176 Å². The van der Waals surface area contributed by atoms with Crippen LogP contribution >= 0.6 is 15.9 Å². The van der Waals surface area contributed by atoms with Gasteiger partial charge < -0.3 is 5.32 Å². The van der Waals surface area contributed by atoms with Gasteiger partial charge in [-0.25, -0.2) is 4.90 Å². The molecule has 0 aliphatic carbocycles. The number of carbonyl (C=O) groups excluding carboxylic acids is 3. The first-order valence-corrected chi connectivity index (χ1v) is 10.7. The van der Waals surface area contributed by atoms with E-state index in [1.807, 2.05) is 36.4 Å². The van der Waals surface area contributed by atoms with Crippen LogP contribution in [0.5, 0.6) is 0 Å². The lowest BCUT2D eigenvalue weighted by atomic mass is 9.75. The molecular formula is C22H18BrN3O3. The van der Waals surface area contributed by atoms with E-state index >= 15 is 0 Å². The molecule has 0 bridgehead atoms. The lowest BCUT2D eigenvalue weighted by molar-refractivity contribution is -0.135. The van der Waals surface area contributed by atoms with Crippen LogP contribution in [0.4, 0.5) is 11.4 Å². The maximum atomic E-state index is 13.7. The van der Waals surface area contributed by atoms with Crippen molar-refractivity contribution in [2.75, 3.05) is 16.8 Å². The quantitative estimate of drug-likeness (QED) is 0.676. The normalized spacial score (nSPS) is 32.7. The van der Waals surface area contributed by atoms with Gasteiger partial charge in [0.1, 0.15) is 5.54 Å². The largest absolute Gasteiger partial charge is 0.324 e. The van der Waals surface area contributed by atoms with Crippen LogP contribution in [0.1, 0.15) is 18.4 Å². The van der Waals surface area contributed by atoms with Gasteiger partial charge in [-0.05, 0) is 43.7 Å². The molecule has 4 atom stereocenters. The molecule has 1 spiro atoms. The summed E-state index contributed by atoms with van der Waals surface area (Å²) in [5, 5.41) is 2.98. The number of halogens is 1. The van der Waals surface area contributed by atoms with E-state index < -0.39 is 17.4 Å². The molecule has 146 valence electrons. The number of hydrogen-bond acceptors (Lipinski definition) is 4. The van der Waals surface area contributed by atoms with Gasteiger partial charge in [-0.3, -0.25) is 19.3 Å². The number of fused-ring (bicyclic) bond motifs is 7. The van der Waals surface area contributed by atoms with Crippen molar-refractivity contribution < 1.29 is 14.4 Å². The van der Waals surface area contributed by atoms with E-state index in [9.17, 15) is 14.4 Å².